The molecule has 0 aliphatic rings. The molecule has 0 radical (unpaired) electrons. The van der Waals surface area contributed by atoms with Gasteiger partial charge < -0.3 is 4.90 Å². The van der Waals surface area contributed by atoms with Crippen LogP contribution in [-0.4, -0.2) is 49.1 Å². The summed E-state index contributed by atoms with van der Waals surface area (Å²) in [6.07, 6.45) is 3.03. The minimum atomic E-state index is -0.377. The van der Waals surface area contributed by atoms with Gasteiger partial charge in [-0.15, -0.1) is 0 Å². The van der Waals surface area contributed by atoms with Crippen LogP contribution >= 0.6 is 35.6 Å². The number of halogens is 1. The van der Waals surface area contributed by atoms with Gasteiger partial charge in [0.1, 0.15) is 17.0 Å². The van der Waals surface area contributed by atoms with E-state index in [4.69, 9.17) is 23.8 Å². The van der Waals surface area contributed by atoms with Crippen LogP contribution < -0.4 is 0 Å². The van der Waals surface area contributed by atoms with Gasteiger partial charge in [0.05, 0.1) is 11.8 Å². The highest BCUT2D eigenvalue weighted by Crippen LogP contribution is 2.22. The van der Waals surface area contributed by atoms with Gasteiger partial charge in [-0.2, -0.15) is 5.10 Å². The van der Waals surface area contributed by atoms with E-state index in [9.17, 15) is 4.79 Å². The van der Waals surface area contributed by atoms with Crippen LogP contribution in [0.15, 0.2) is 36.9 Å². The van der Waals surface area contributed by atoms with E-state index in [0.717, 1.165) is 0 Å². The number of thiocarbonyl (C=S) groups is 1. The molecule has 1 aromatic heterocycles. The van der Waals surface area contributed by atoms with Gasteiger partial charge in [-0.1, -0.05) is 35.6 Å². The molecule has 0 N–H and O–H groups in total. The van der Waals surface area contributed by atoms with E-state index in [1.54, 1.807) is 35.3 Å². The van der Waals surface area contributed by atoms with Gasteiger partial charge in [0, 0.05) is 24.7 Å². The molecule has 1 atom stereocenters. The van der Waals surface area contributed by atoms with Crippen LogP contribution in [0.1, 0.15) is 10.4 Å². The van der Waals surface area contributed by atoms with Crippen molar-refractivity contribution in [3.63, 3.8) is 0 Å². The lowest BCUT2D eigenvalue weighted by Crippen LogP contribution is -2.28. The molecule has 0 fully saturated rings. The maximum absolute atomic E-state index is 12.7. The van der Waals surface area contributed by atoms with Crippen LogP contribution in [-0.2, 0) is 6.54 Å². The zero-order chi connectivity index (χ0) is 16.1. The highest BCUT2D eigenvalue weighted by Gasteiger charge is 2.24. The maximum atomic E-state index is 12.7. The van der Waals surface area contributed by atoms with Crippen molar-refractivity contribution in [2.75, 3.05) is 14.1 Å². The summed E-state index contributed by atoms with van der Waals surface area (Å²) in [5.41, 5.74) is 0.601. The predicted octanol–water partition coefficient (Wildman–Crippen LogP) is 2.76. The zero-order valence-electron chi connectivity index (χ0n) is 12.1. The van der Waals surface area contributed by atoms with E-state index in [0.29, 0.717) is 21.5 Å². The molecule has 116 valence electrons. The molecule has 1 heterocycles. The summed E-state index contributed by atoms with van der Waals surface area (Å²) < 4.78 is 2.27. The van der Waals surface area contributed by atoms with E-state index >= 15 is 0 Å². The lowest BCUT2D eigenvalue weighted by atomic mass is 10.1. The zero-order valence-corrected chi connectivity index (χ0v) is 14.5. The fraction of sp³-hybridized carbons (Fsp3) is 0.286. The first-order chi connectivity index (χ1) is 10.5. The van der Waals surface area contributed by atoms with Crippen molar-refractivity contribution in [1.29, 1.82) is 0 Å². The largest absolute Gasteiger partial charge is 0.364 e. The van der Waals surface area contributed by atoms with Gasteiger partial charge in [-0.05, 0) is 24.3 Å². The van der Waals surface area contributed by atoms with Crippen LogP contribution in [0.2, 0.25) is 5.02 Å². The summed E-state index contributed by atoms with van der Waals surface area (Å²) in [6.45, 7) is 0.403. The molecule has 22 heavy (non-hydrogen) atoms. The van der Waals surface area contributed by atoms with E-state index in [2.05, 4.69) is 10.1 Å². The Balaban J connectivity index is 2.20. The number of Topliss-reactive ketones (excluding diaryl/α,β-unsaturated/α-hetero) is 1. The lowest BCUT2D eigenvalue weighted by molar-refractivity contribution is 0.0983. The smallest absolute Gasteiger partial charge is 0.178 e. The van der Waals surface area contributed by atoms with Crippen molar-refractivity contribution in [2.24, 2.45) is 0 Å². The van der Waals surface area contributed by atoms with Crippen molar-refractivity contribution in [3.05, 3.63) is 47.5 Å². The second-order valence-electron chi connectivity index (χ2n) is 4.76. The summed E-state index contributed by atoms with van der Waals surface area (Å²) >= 11 is 12.5. The van der Waals surface area contributed by atoms with Crippen LogP contribution in [0.25, 0.3) is 0 Å². The molecule has 0 saturated heterocycles. The van der Waals surface area contributed by atoms with Crippen LogP contribution in [0.4, 0.5) is 0 Å². The van der Waals surface area contributed by atoms with Crippen molar-refractivity contribution in [3.8, 4) is 0 Å². The number of aromatic nitrogens is 3. The van der Waals surface area contributed by atoms with Crippen LogP contribution in [0.5, 0.6) is 0 Å². The summed E-state index contributed by atoms with van der Waals surface area (Å²) in [5, 5.41) is 4.28. The van der Waals surface area contributed by atoms with Crippen LogP contribution in [0.3, 0.4) is 0 Å². The highest BCUT2D eigenvalue weighted by molar-refractivity contribution is 8.23. The average Bonchev–Trinajstić information content (AvgIpc) is 2.99. The van der Waals surface area contributed by atoms with Crippen molar-refractivity contribution < 1.29 is 4.79 Å². The third-order valence-corrected chi connectivity index (χ3v) is 4.97. The maximum Gasteiger partial charge on any atom is 0.178 e. The number of rotatable bonds is 5. The molecular weight excluding hydrogens is 340 g/mol. The second kappa shape index (κ2) is 7.71. The van der Waals surface area contributed by atoms with Gasteiger partial charge >= 0.3 is 0 Å². The number of hydrogen-bond donors (Lipinski definition) is 0. The van der Waals surface area contributed by atoms with Crippen molar-refractivity contribution in [1.82, 2.24) is 19.7 Å². The van der Waals surface area contributed by atoms with Gasteiger partial charge in [0.2, 0.25) is 0 Å². The molecular formula is C14H15ClN4OS2. The first-order valence-electron chi connectivity index (χ1n) is 6.47. The standard InChI is InChI=1S/C14H15ClN4OS2/c1-18(2)14(21)22-12(7-19-9-16-8-17-19)13(20)10-3-5-11(15)6-4-10/h3-6,8-9,12H,7H2,1-2H3. The van der Waals surface area contributed by atoms with E-state index in [-0.39, 0.29) is 11.0 Å². The number of benzene rings is 1. The summed E-state index contributed by atoms with van der Waals surface area (Å²) in [6, 6.07) is 6.85. The number of ketones is 1. The summed E-state index contributed by atoms with van der Waals surface area (Å²) in [4.78, 5) is 18.4. The first-order valence-corrected chi connectivity index (χ1v) is 8.14. The quantitative estimate of drug-likeness (QED) is 0.608. The molecule has 2 aromatic rings. The molecule has 1 unspecified atom stereocenters. The third kappa shape index (κ3) is 4.53. The van der Waals surface area contributed by atoms with Crippen LogP contribution in [0, 0.1) is 0 Å². The number of carbonyl (C=O) groups excluding carboxylic acids is 1. The fourth-order valence-corrected chi connectivity index (χ4v) is 3.10. The molecule has 1 aromatic carbocycles. The predicted molar refractivity (Wildman–Crippen MR) is 93.5 cm³/mol. The summed E-state index contributed by atoms with van der Waals surface area (Å²) in [5.74, 6) is -0.0126. The molecule has 5 nitrogen and oxygen atoms in total. The van der Waals surface area contributed by atoms with Gasteiger partial charge in [-0.3, -0.25) is 9.48 Å². The second-order valence-corrected chi connectivity index (χ2v) is 7.03. The Morgan fingerprint density at radius 2 is 2.09 bits per heavy atom. The average molecular weight is 355 g/mol. The molecule has 0 aliphatic carbocycles. The van der Waals surface area contributed by atoms with Crippen molar-refractivity contribution >= 4 is 45.7 Å². The SMILES string of the molecule is CN(C)C(=S)SC(Cn1cncn1)C(=O)c1ccc(Cl)cc1. The normalized spacial score (nSPS) is 12.0. The Bertz CT molecular complexity index is 643. The highest BCUT2D eigenvalue weighted by atomic mass is 35.5. The molecule has 8 heteroatoms. The first kappa shape index (κ1) is 16.9. The number of carbonyl (C=O) groups is 1. The Hall–Kier alpha value is -1.44. The lowest BCUT2D eigenvalue weighted by Gasteiger charge is -2.19. The minimum absolute atomic E-state index is 0.0126. The number of nitrogens with zero attached hydrogens (tertiary/aromatic N) is 4. The Kier molecular flexibility index (Phi) is 5.93. The summed E-state index contributed by atoms with van der Waals surface area (Å²) in [7, 11) is 3.71. The van der Waals surface area contributed by atoms with E-state index in [1.807, 2.05) is 19.0 Å². The van der Waals surface area contributed by atoms with E-state index < -0.39 is 0 Å². The van der Waals surface area contributed by atoms with E-state index in [1.165, 1.54) is 18.1 Å². The number of thioether (sulfide) groups is 1. The monoisotopic (exact) mass is 354 g/mol. The minimum Gasteiger partial charge on any atom is -0.364 e. The molecule has 0 aliphatic heterocycles. The fourth-order valence-electron chi connectivity index (χ4n) is 1.70. The Morgan fingerprint density at radius 1 is 1.41 bits per heavy atom. The topological polar surface area (TPSA) is 51.0 Å². The molecule has 0 spiro atoms. The molecule has 0 bridgehead atoms. The van der Waals surface area contributed by atoms with Crippen molar-refractivity contribution in [2.45, 2.75) is 11.8 Å². The Labute approximate surface area is 143 Å². The van der Waals surface area contributed by atoms with Gasteiger partial charge in [-0.25, -0.2) is 4.98 Å². The van der Waals surface area contributed by atoms with Gasteiger partial charge in [0.15, 0.2) is 5.78 Å². The molecule has 2 rings (SSSR count). The molecule has 0 amide bonds. The molecule has 0 saturated carbocycles. The number of hydrogen-bond acceptors (Lipinski definition) is 5. The Morgan fingerprint density at radius 3 is 2.64 bits per heavy atom. The third-order valence-electron chi connectivity index (χ3n) is 2.85. The van der Waals surface area contributed by atoms with Gasteiger partial charge in [0.25, 0.3) is 0 Å².